The first-order valence-corrected chi connectivity index (χ1v) is 8.89. The van der Waals surface area contributed by atoms with Gasteiger partial charge in [0.15, 0.2) is 5.43 Å². The number of hydrogen-bond donors (Lipinski definition) is 0. The van der Waals surface area contributed by atoms with E-state index in [2.05, 4.69) is 33.4 Å². The maximum atomic E-state index is 13.0. The molecule has 0 bridgehead atoms. The molecule has 0 saturated heterocycles. The lowest BCUT2D eigenvalue weighted by molar-refractivity contribution is 0.662. The van der Waals surface area contributed by atoms with E-state index in [1.807, 2.05) is 52.5 Å². The van der Waals surface area contributed by atoms with Crippen LogP contribution in [0.5, 0.6) is 0 Å². The monoisotopic (exact) mass is 337 g/mol. The molecule has 2 aromatic carbocycles. The second-order valence-corrected chi connectivity index (χ2v) is 7.03. The SMILES string of the molecule is CCCCn1c2cc(N(C)C)ccc2c(=O)c2ccc(N(C)C)cc21. The topological polar surface area (TPSA) is 28.5 Å². The molecule has 0 aliphatic heterocycles. The summed E-state index contributed by atoms with van der Waals surface area (Å²) in [5.74, 6) is 0. The standard InChI is InChI=1S/C21H27N3O/c1-6-7-12-24-19-13-15(22(2)3)8-10-17(19)21(25)18-11-9-16(23(4)5)14-20(18)24/h8-11,13-14H,6-7,12H2,1-5H3. The third-order valence-electron chi connectivity index (χ3n) is 4.80. The lowest BCUT2D eigenvalue weighted by Gasteiger charge is -2.20. The van der Waals surface area contributed by atoms with Gasteiger partial charge in [0.25, 0.3) is 0 Å². The highest BCUT2D eigenvalue weighted by atomic mass is 16.1. The molecule has 0 N–H and O–H groups in total. The highest BCUT2D eigenvalue weighted by Gasteiger charge is 2.13. The Kier molecular flexibility index (Phi) is 4.71. The number of anilines is 2. The zero-order valence-electron chi connectivity index (χ0n) is 15.8. The minimum Gasteiger partial charge on any atom is -0.378 e. The van der Waals surface area contributed by atoms with Gasteiger partial charge in [-0.15, -0.1) is 0 Å². The second kappa shape index (κ2) is 6.79. The van der Waals surface area contributed by atoms with Gasteiger partial charge in [0.2, 0.25) is 0 Å². The summed E-state index contributed by atoms with van der Waals surface area (Å²) in [6.07, 6.45) is 2.21. The Bertz CT molecular complexity index is 898. The van der Waals surface area contributed by atoms with E-state index < -0.39 is 0 Å². The van der Waals surface area contributed by atoms with Gasteiger partial charge in [-0.3, -0.25) is 4.79 Å². The molecule has 1 aromatic heterocycles. The number of aromatic nitrogens is 1. The summed E-state index contributed by atoms with van der Waals surface area (Å²) >= 11 is 0. The molecule has 3 rings (SSSR count). The first kappa shape index (κ1) is 17.3. The van der Waals surface area contributed by atoms with Crippen LogP contribution in [0.2, 0.25) is 0 Å². The van der Waals surface area contributed by atoms with Crippen molar-refractivity contribution in [2.45, 2.75) is 26.3 Å². The number of hydrogen-bond acceptors (Lipinski definition) is 3. The van der Waals surface area contributed by atoms with Gasteiger partial charge in [-0.05, 0) is 42.8 Å². The fraction of sp³-hybridized carbons (Fsp3) is 0.381. The summed E-state index contributed by atoms with van der Waals surface area (Å²) in [5, 5.41) is 1.60. The van der Waals surface area contributed by atoms with Gasteiger partial charge in [0.05, 0.1) is 11.0 Å². The van der Waals surface area contributed by atoms with Gasteiger partial charge in [-0.2, -0.15) is 0 Å². The number of pyridine rings is 1. The molecule has 0 fully saturated rings. The van der Waals surface area contributed by atoms with Crippen LogP contribution in [0.15, 0.2) is 41.2 Å². The van der Waals surface area contributed by atoms with E-state index in [4.69, 9.17) is 0 Å². The van der Waals surface area contributed by atoms with Gasteiger partial charge >= 0.3 is 0 Å². The summed E-state index contributed by atoms with van der Waals surface area (Å²) in [7, 11) is 8.11. The minimum absolute atomic E-state index is 0.119. The molecular weight excluding hydrogens is 310 g/mol. The molecule has 0 aliphatic carbocycles. The Morgan fingerprint density at radius 3 is 1.72 bits per heavy atom. The Morgan fingerprint density at radius 1 is 0.840 bits per heavy atom. The van der Waals surface area contributed by atoms with E-state index in [-0.39, 0.29) is 5.43 Å². The fourth-order valence-electron chi connectivity index (χ4n) is 3.26. The number of unbranched alkanes of at least 4 members (excludes halogenated alkanes) is 1. The van der Waals surface area contributed by atoms with Crippen LogP contribution in [0.4, 0.5) is 11.4 Å². The van der Waals surface area contributed by atoms with Crippen LogP contribution in [0.25, 0.3) is 21.8 Å². The normalized spacial score (nSPS) is 11.2. The van der Waals surface area contributed by atoms with Gasteiger partial charge in [-0.1, -0.05) is 13.3 Å². The van der Waals surface area contributed by atoms with E-state index in [9.17, 15) is 4.79 Å². The fourth-order valence-corrected chi connectivity index (χ4v) is 3.26. The number of aryl methyl sites for hydroxylation is 1. The van der Waals surface area contributed by atoms with Crippen molar-refractivity contribution >= 4 is 33.2 Å². The molecule has 25 heavy (non-hydrogen) atoms. The van der Waals surface area contributed by atoms with Crippen molar-refractivity contribution in [3.8, 4) is 0 Å². The molecule has 0 radical (unpaired) electrons. The zero-order chi connectivity index (χ0) is 18.1. The van der Waals surface area contributed by atoms with E-state index in [1.165, 1.54) is 0 Å². The molecule has 0 unspecified atom stereocenters. The number of rotatable bonds is 5. The smallest absolute Gasteiger partial charge is 0.197 e. The van der Waals surface area contributed by atoms with E-state index in [0.29, 0.717) is 0 Å². The third-order valence-corrected chi connectivity index (χ3v) is 4.80. The molecule has 3 aromatic rings. The molecule has 0 saturated carbocycles. The van der Waals surface area contributed by atoms with Gasteiger partial charge < -0.3 is 14.4 Å². The number of nitrogens with zero attached hydrogens (tertiary/aromatic N) is 3. The molecule has 1 heterocycles. The Balaban J connectivity index is 2.42. The molecule has 0 spiro atoms. The van der Waals surface area contributed by atoms with Crippen LogP contribution in [0.1, 0.15) is 19.8 Å². The highest BCUT2D eigenvalue weighted by molar-refractivity contribution is 5.96. The average molecular weight is 337 g/mol. The first-order chi connectivity index (χ1) is 11.9. The van der Waals surface area contributed by atoms with Crippen LogP contribution >= 0.6 is 0 Å². The van der Waals surface area contributed by atoms with E-state index in [1.54, 1.807) is 0 Å². The van der Waals surface area contributed by atoms with Gasteiger partial charge in [0, 0.05) is 56.9 Å². The molecule has 132 valence electrons. The maximum Gasteiger partial charge on any atom is 0.197 e. The van der Waals surface area contributed by atoms with Crippen molar-refractivity contribution in [3.05, 3.63) is 46.6 Å². The predicted molar refractivity (Wildman–Crippen MR) is 109 cm³/mol. The van der Waals surface area contributed by atoms with Crippen LogP contribution in [0.3, 0.4) is 0 Å². The van der Waals surface area contributed by atoms with Crippen molar-refractivity contribution < 1.29 is 0 Å². The van der Waals surface area contributed by atoms with Crippen LogP contribution < -0.4 is 15.2 Å². The molecule has 0 amide bonds. The minimum atomic E-state index is 0.119. The summed E-state index contributed by atoms with van der Waals surface area (Å²) in [4.78, 5) is 17.2. The average Bonchev–Trinajstić information content (AvgIpc) is 2.60. The van der Waals surface area contributed by atoms with Crippen molar-refractivity contribution in [3.63, 3.8) is 0 Å². The first-order valence-electron chi connectivity index (χ1n) is 8.89. The number of fused-ring (bicyclic) bond motifs is 2. The van der Waals surface area contributed by atoms with Crippen molar-refractivity contribution in [2.75, 3.05) is 38.0 Å². The van der Waals surface area contributed by atoms with Crippen LogP contribution in [-0.2, 0) is 6.54 Å². The lowest BCUT2D eigenvalue weighted by atomic mass is 10.1. The van der Waals surface area contributed by atoms with Crippen LogP contribution in [0, 0.1) is 0 Å². The number of benzene rings is 2. The second-order valence-electron chi connectivity index (χ2n) is 7.03. The van der Waals surface area contributed by atoms with Crippen molar-refractivity contribution in [1.29, 1.82) is 0 Å². The zero-order valence-corrected chi connectivity index (χ0v) is 15.8. The largest absolute Gasteiger partial charge is 0.378 e. The predicted octanol–water partition coefficient (Wildman–Crippen LogP) is 4.09. The molecule has 0 aliphatic rings. The lowest BCUT2D eigenvalue weighted by Crippen LogP contribution is -2.15. The van der Waals surface area contributed by atoms with Crippen molar-refractivity contribution in [2.24, 2.45) is 0 Å². The highest BCUT2D eigenvalue weighted by Crippen LogP contribution is 2.26. The summed E-state index contributed by atoms with van der Waals surface area (Å²) in [5.41, 5.74) is 4.38. The Labute approximate surface area is 149 Å². The Hall–Kier alpha value is -2.49. The molecular formula is C21H27N3O. The van der Waals surface area contributed by atoms with Gasteiger partial charge in [0.1, 0.15) is 0 Å². The van der Waals surface area contributed by atoms with Gasteiger partial charge in [-0.25, -0.2) is 0 Å². The van der Waals surface area contributed by atoms with Crippen LogP contribution in [-0.4, -0.2) is 32.8 Å². The molecule has 4 nitrogen and oxygen atoms in total. The molecule has 0 atom stereocenters. The summed E-state index contributed by atoms with van der Waals surface area (Å²) in [6, 6.07) is 12.2. The quantitative estimate of drug-likeness (QED) is 0.657. The Morgan fingerprint density at radius 2 is 1.32 bits per heavy atom. The van der Waals surface area contributed by atoms with Crippen molar-refractivity contribution in [1.82, 2.24) is 4.57 Å². The van der Waals surface area contributed by atoms with E-state index in [0.717, 1.165) is 52.6 Å². The summed E-state index contributed by atoms with van der Waals surface area (Å²) in [6.45, 7) is 3.11. The summed E-state index contributed by atoms with van der Waals surface area (Å²) < 4.78 is 2.32. The maximum absolute atomic E-state index is 13.0. The van der Waals surface area contributed by atoms with E-state index >= 15 is 0 Å². The third kappa shape index (κ3) is 3.09. The molecule has 4 heteroatoms.